The topological polar surface area (TPSA) is 84.4 Å². The zero-order valence-corrected chi connectivity index (χ0v) is 12.3. The smallest absolute Gasteiger partial charge is 0.224 e. The molecule has 0 radical (unpaired) electrons. The highest BCUT2D eigenvalue weighted by Crippen LogP contribution is 2.34. The van der Waals surface area contributed by atoms with Crippen LogP contribution in [0.2, 0.25) is 0 Å². The third kappa shape index (κ3) is 2.21. The van der Waals surface area contributed by atoms with Crippen molar-refractivity contribution in [2.24, 2.45) is 11.6 Å². The molecule has 0 saturated heterocycles. The summed E-state index contributed by atoms with van der Waals surface area (Å²) in [6.07, 6.45) is 0. The highest BCUT2D eigenvalue weighted by atomic mass is 16.2. The fraction of sp³-hybridized carbons (Fsp3) is 0.118. The SMILES string of the molecule is CC(=O)N1Cc2ccccc2/C(NN)=C(/N)c2ccccc21. The Morgan fingerprint density at radius 1 is 1.09 bits per heavy atom. The molecule has 1 aliphatic rings. The first kappa shape index (κ1) is 14.2. The molecule has 5 heteroatoms. The minimum absolute atomic E-state index is 0.0285. The van der Waals surface area contributed by atoms with Crippen molar-refractivity contribution in [2.45, 2.75) is 13.5 Å². The standard InChI is InChI=1S/C17H18N4O/c1-11(22)21-10-12-6-2-3-7-13(12)17(20-19)16(18)14-8-4-5-9-15(14)21/h2-9,20H,10,18-19H2,1H3/b17-16-. The number of rotatable bonds is 1. The van der Waals surface area contributed by atoms with Crippen LogP contribution in [0.15, 0.2) is 48.5 Å². The summed E-state index contributed by atoms with van der Waals surface area (Å²) in [7, 11) is 0. The summed E-state index contributed by atoms with van der Waals surface area (Å²) in [5.41, 5.74) is 13.7. The molecular weight excluding hydrogens is 276 g/mol. The number of carbonyl (C=O) groups excluding carboxylic acids is 1. The van der Waals surface area contributed by atoms with Crippen molar-refractivity contribution in [3.63, 3.8) is 0 Å². The lowest BCUT2D eigenvalue weighted by molar-refractivity contribution is -0.116. The summed E-state index contributed by atoms with van der Waals surface area (Å²) in [4.78, 5) is 13.9. The number of nitrogens with zero attached hydrogens (tertiary/aromatic N) is 1. The van der Waals surface area contributed by atoms with Crippen LogP contribution in [0.25, 0.3) is 11.4 Å². The van der Waals surface area contributed by atoms with Crippen LogP contribution in [0.3, 0.4) is 0 Å². The van der Waals surface area contributed by atoms with Gasteiger partial charge in [-0.3, -0.25) is 10.6 Å². The lowest BCUT2D eigenvalue weighted by Gasteiger charge is -2.29. The fourth-order valence-electron chi connectivity index (χ4n) is 2.81. The molecular formula is C17H18N4O. The fourth-order valence-corrected chi connectivity index (χ4v) is 2.81. The van der Waals surface area contributed by atoms with Crippen molar-refractivity contribution < 1.29 is 4.79 Å². The Morgan fingerprint density at radius 2 is 1.73 bits per heavy atom. The summed E-state index contributed by atoms with van der Waals surface area (Å²) in [5, 5.41) is 0. The monoisotopic (exact) mass is 294 g/mol. The van der Waals surface area contributed by atoms with Crippen LogP contribution < -0.4 is 21.9 Å². The number of benzene rings is 2. The second kappa shape index (κ2) is 5.54. The normalized spacial score (nSPS) is 17.1. The number of amides is 1. The van der Waals surface area contributed by atoms with E-state index in [1.807, 2.05) is 48.5 Å². The Bertz CT molecular complexity index is 767. The Kier molecular flexibility index (Phi) is 3.56. The average Bonchev–Trinajstić information content (AvgIpc) is 2.53. The van der Waals surface area contributed by atoms with E-state index in [-0.39, 0.29) is 5.91 Å². The number of para-hydroxylation sites is 1. The number of hydrogen-bond acceptors (Lipinski definition) is 4. The van der Waals surface area contributed by atoms with Crippen molar-refractivity contribution in [3.05, 3.63) is 65.2 Å². The predicted octanol–water partition coefficient (Wildman–Crippen LogP) is 1.80. The number of nitrogens with two attached hydrogens (primary N) is 2. The molecule has 0 bridgehead atoms. The molecule has 3 rings (SSSR count). The molecule has 0 saturated carbocycles. The van der Waals surface area contributed by atoms with E-state index in [0.29, 0.717) is 17.9 Å². The number of fused-ring (bicyclic) bond motifs is 2. The molecule has 2 aromatic rings. The van der Waals surface area contributed by atoms with E-state index in [2.05, 4.69) is 5.43 Å². The summed E-state index contributed by atoms with van der Waals surface area (Å²) in [6, 6.07) is 15.4. The maximum Gasteiger partial charge on any atom is 0.224 e. The zero-order valence-electron chi connectivity index (χ0n) is 12.3. The van der Waals surface area contributed by atoms with Gasteiger partial charge in [-0.1, -0.05) is 42.5 Å². The Balaban J connectivity index is 2.35. The van der Waals surface area contributed by atoms with E-state index in [0.717, 1.165) is 22.4 Å². The van der Waals surface area contributed by atoms with Gasteiger partial charge in [-0.25, -0.2) is 0 Å². The molecule has 1 amide bonds. The average molecular weight is 294 g/mol. The van der Waals surface area contributed by atoms with E-state index in [1.54, 1.807) is 11.8 Å². The van der Waals surface area contributed by atoms with Crippen LogP contribution in [0.5, 0.6) is 0 Å². The van der Waals surface area contributed by atoms with Crippen LogP contribution >= 0.6 is 0 Å². The van der Waals surface area contributed by atoms with Gasteiger partial charge in [0.05, 0.1) is 23.6 Å². The first-order chi connectivity index (χ1) is 10.6. The predicted molar refractivity (Wildman–Crippen MR) is 88.1 cm³/mol. The van der Waals surface area contributed by atoms with Crippen LogP contribution in [-0.4, -0.2) is 5.91 Å². The lowest BCUT2D eigenvalue weighted by Crippen LogP contribution is -2.32. The van der Waals surface area contributed by atoms with E-state index >= 15 is 0 Å². The Morgan fingerprint density at radius 3 is 2.41 bits per heavy atom. The molecule has 0 fully saturated rings. The largest absolute Gasteiger partial charge is 0.396 e. The molecule has 5 nitrogen and oxygen atoms in total. The van der Waals surface area contributed by atoms with Crippen LogP contribution in [0.1, 0.15) is 23.6 Å². The number of hydrogen-bond donors (Lipinski definition) is 3. The number of hydrazine groups is 1. The Labute approximate surface area is 129 Å². The molecule has 0 aromatic heterocycles. The Hall–Kier alpha value is -2.79. The van der Waals surface area contributed by atoms with Gasteiger partial charge in [0.25, 0.3) is 0 Å². The van der Waals surface area contributed by atoms with Gasteiger partial charge in [0, 0.05) is 18.1 Å². The van der Waals surface area contributed by atoms with Crippen molar-refractivity contribution in [3.8, 4) is 0 Å². The lowest BCUT2D eigenvalue weighted by atomic mass is 9.96. The minimum atomic E-state index is -0.0285. The molecule has 112 valence electrons. The van der Waals surface area contributed by atoms with Crippen LogP contribution in [0.4, 0.5) is 5.69 Å². The molecule has 22 heavy (non-hydrogen) atoms. The van der Waals surface area contributed by atoms with Crippen molar-refractivity contribution in [1.29, 1.82) is 0 Å². The second-order valence-corrected chi connectivity index (χ2v) is 5.21. The number of nitrogens with one attached hydrogen (secondary N) is 1. The first-order valence-corrected chi connectivity index (χ1v) is 7.05. The highest BCUT2D eigenvalue weighted by molar-refractivity contribution is 6.00. The molecule has 1 aliphatic heterocycles. The molecule has 5 N–H and O–H groups in total. The van der Waals surface area contributed by atoms with Gasteiger partial charge in [-0.05, 0) is 11.6 Å². The molecule has 1 heterocycles. The van der Waals surface area contributed by atoms with Gasteiger partial charge in [0.2, 0.25) is 5.91 Å². The summed E-state index contributed by atoms with van der Waals surface area (Å²) in [6.45, 7) is 2.03. The molecule has 2 aromatic carbocycles. The first-order valence-electron chi connectivity index (χ1n) is 7.05. The maximum atomic E-state index is 12.1. The number of carbonyl (C=O) groups is 1. The van der Waals surface area contributed by atoms with Crippen molar-refractivity contribution >= 4 is 23.0 Å². The van der Waals surface area contributed by atoms with E-state index in [4.69, 9.17) is 11.6 Å². The quantitative estimate of drug-likeness (QED) is 0.553. The van der Waals surface area contributed by atoms with Gasteiger partial charge >= 0.3 is 0 Å². The van der Waals surface area contributed by atoms with E-state index < -0.39 is 0 Å². The van der Waals surface area contributed by atoms with Gasteiger partial charge < -0.3 is 16.1 Å². The highest BCUT2D eigenvalue weighted by Gasteiger charge is 2.23. The molecule has 0 atom stereocenters. The summed E-state index contributed by atoms with van der Waals surface area (Å²) in [5.74, 6) is 5.68. The van der Waals surface area contributed by atoms with Gasteiger partial charge in [-0.2, -0.15) is 0 Å². The van der Waals surface area contributed by atoms with Crippen LogP contribution in [-0.2, 0) is 11.3 Å². The number of anilines is 1. The summed E-state index contributed by atoms with van der Waals surface area (Å²) < 4.78 is 0. The second-order valence-electron chi connectivity index (χ2n) is 5.21. The zero-order chi connectivity index (χ0) is 15.7. The molecule has 0 aliphatic carbocycles. The van der Waals surface area contributed by atoms with E-state index in [9.17, 15) is 4.79 Å². The van der Waals surface area contributed by atoms with Gasteiger partial charge in [0.1, 0.15) is 0 Å². The minimum Gasteiger partial charge on any atom is -0.396 e. The molecule has 0 spiro atoms. The van der Waals surface area contributed by atoms with E-state index in [1.165, 1.54) is 0 Å². The van der Waals surface area contributed by atoms with Gasteiger partial charge in [0.15, 0.2) is 0 Å². The van der Waals surface area contributed by atoms with Crippen molar-refractivity contribution in [1.82, 2.24) is 5.43 Å². The third-order valence-corrected chi connectivity index (χ3v) is 3.89. The van der Waals surface area contributed by atoms with Crippen molar-refractivity contribution in [2.75, 3.05) is 4.90 Å². The third-order valence-electron chi connectivity index (χ3n) is 3.89. The molecule has 0 unspecified atom stereocenters. The van der Waals surface area contributed by atoms with Crippen LogP contribution in [0, 0.1) is 0 Å². The maximum absolute atomic E-state index is 12.1. The summed E-state index contributed by atoms with van der Waals surface area (Å²) >= 11 is 0. The van der Waals surface area contributed by atoms with Gasteiger partial charge in [-0.15, -0.1) is 0 Å².